The summed E-state index contributed by atoms with van der Waals surface area (Å²) in [5, 5.41) is 11.8. The molecule has 1 unspecified atom stereocenters. The Bertz CT molecular complexity index is 1370. The molecule has 1 aromatic heterocycles. The van der Waals surface area contributed by atoms with Crippen molar-refractivity contribution in [1.29, 1.82) is 0 Å². The zero-order chi connectivity index (χ0) is 25.0. The summed E-state index contributed by atoms with van der Waals surface area (Å²) >= 11 is 12.4. The second-order valence-corrected chi connectivity index (χ2v) is 9.28. The number of benzene rings is 4. The molecular weight excluding hydrogens is 487 g/mol. The highest BCUT2D eigenvalue weighted by Gasteiger charge is 2.39. The molecule has 1 atom stereocenters. The fraction of sp³-hybridized carbons (Fsp3) is 0.0645. The van der Waals surface area contributed by atoms with E-state index in [-0.39, 0.29) is 0 Å². The molecule has 5 rings (SSSR count). The number of halogens is 2. The zero-order valence-electron chi connectivity index (χ0n) is 19.4. The quantitative estimate of drug-likeness (QED) is 0.227. The second-order valence-electron chi connectivity index (χ2n) is 8.43. The lowest BCUT2D eigenvalue weighted by molar-refractivity contribution is 0.229. The van der Waals surface area contributed by atoms with Crippen LogP contribution in [0.3, 0.4) is 0 Å². The van der Waals surface area contributed by atoms with Crippen LogP contribution in [0.15, 0.2) is 128 Å². The van der Waals surface area contributed by atoms with Crippen molar-refractivity contribution in [3.8, 4) is 0 Å². The highest BCUT2D eigenvalue weighted by Crippen LogP contribution is 2.41. The normalized spacial score (nSPS) is 12.6. The van der Waals surface area contributed by atoms with Crippen LogP contribution < -0.4 is 0 Å². The Hall–Kier alpha value is -3.63. The fourth-order valence-electron chi connectivity index (χ4n) is 4.70. The van der Waals surface area contributed by atoms with Crippen LogP contribution in [0.25, 0.3) is 6.08 Å². The molecule has 0 aliphatic carbocycles. The van der Waals surface area contributed by atoms with Gasteiger partial charge in [0, 0.05) is 28.0 Å². The van der Waals surface area contributed by atoms with E-state index in [1.807, 2.05) is 30.5 Å². The van der Waals surface area contributed by atoms with Crippen LogP contribution in [-0.4, -0.2) is 14.7 Å². The van der Waals surface area contributed by atoms with Gasteiger partial charge in [0.15, 0.2) is 0 Å². The van der Waals surface area contributed by atoms with Gasteiger partial charge in [0.05, 0.1) is 6.10 Å². The number of rotatable bonds is 7. The lowest BCUT2D eigenvalue weighted by Crippen LogP contribution is -2.38. The molecule has 0 fully saturated rings. The number of aliphatic hydroxyl groups excluding tert-OH is 1. The fourth-order valence-corrected chi connectivity index (χ4v) is 5.22. The van der Waals surface area contributed by atoms with Crippen LogP contribution in [0.5, 0.6) is 0 Å². The van der Waals surface area contributed by atoms with E-state index in [0.29, 0.717) is 21.4 Å². The Morgan fingerprint density at radius 2 is 1.28 bits per heavy atom. The third-order valence-corrected chi connectivity index (χ3v) is 6.88. The molecule has 1 N–H and O–H groups in total. The number of nitrogens with zero attached hydrogens (tertiary/aromatic N) is 2. The average Bonchev–Trinajstić information content (AvgIpc) is 3.38. The second kappa shape index (κ2) is 10.5. The van der Waals surface area contributed by atoms with Gasteiger partial charge in [-0.3, -0.25) is 0 Å². The molecule has 4 aromatic carbocycles. The molecule has 0 radical (unpaired) electrons. The van der Waals surface area contributed by atoms with Gasteiger partial charge in [0.1, 0.15) is 11.4 Å². The molecule has 36 heavy (non-hydrogen) atoms. The highest BCUT2D eigenvalue weighted by atomic mass is 35.5. The Morgan fingerprint density at radius 1 is 0.750 bits per heavy atom. The highest BCUT2D eigenvalue weighted by molar-refractivity contribution is 6.35. The first-order valence-electron chi connectivity index (χ1n) is 11.6. The number of hydrogen-bond acceptors (Lipinski definition) is 2. The molecule has 0 aliphatic rings. The van der Waals surface area contributed by atoms with Gasteiger partial charge in [0.2, 0.25) is 0 Å². The maximum absolute atomic E-state index is 10.9. The summed E-state index contributed by atoms with van der Waals surface area (Å²) in [6.07, 6.45) is 6.37. The van der Waals surface area contributed by atoms with Gasteiger partial charge >= 0.3 is 0 Å². The summed E-state index contributed by atoms with van der Waals surface area (Å²) in [5.74, 6) is 0.690. The molecule has 0 spiro atoms. The summed E-state index contributed by atoms with van der Waals surface area (Å²) < 4.78 is 2.15. The number of aromatic nitrogens is 2. The van der Waals surface area contributed by atoms with E-state index >= 15 is 0 Å². The van der Waals surface area contributed by atoms with Gasteiger partial charge in [-0.1, -0.05) is 120 Å². The molecule has 178 valence electrons. The smallest absolute Gasteiger partial charge is 0.133 e. The third-order valence-electron chi connectivity index (χ3n) is 6.31. The van der Waals surface area contributed by atoms with Crippen molar-refractivity contribution in [3.63, 3.8) is 0 Å². The molecular formula is C31H24Cl2N2O. The van der Waals surface area contributed by atoms with E-state index in [4.69, 9.17) is 23.2 Å². The van der Waals surface area contributed by atoms with Crippen LogP contribution in [0.2, 0.25) is 10.0 Å². The monoisotopic (exact) mass is 510 g/mol. The summed E-state index contributed by atoms with van der Waals surface area (Å²) in [6.45, 7) is 0. The van der Waals surface area contributed by atoms with E-state index in [1.54, 1.807) is 30.5 Å². The van der Waals surface area contributed by atoms with Crippen molar-refractivity contribution in [2.45, 2.75) is 11.6 Å². The molecule has 0 saturated carbocycles. The average molecular weight is 511 g/mol. The Kier molecular flexibility index (Phi) is 7.06. The largest absolute Gasteiger partial charge is 0.384 e. The first-order valence-corrected chi connectivity index (χ1v) is 12.4. The van der Waals surface area contributed by atoms with Crippen molar-refractivity contribution < 1.29 is 5.11 Å². The number of aliphatic hydroxyl groups is 1. The van der Waals surface area contributed by atoms with Gasteiger partial charge in [-0.05, 0) is 41.0 Å². The molecule has 0 bridgehead atoms. The van der Waals surface area contributed by atoms with Crippen LogP contribution in [0.4, 0.5) is 0 Å². The van der Waals surface area contributed by atoms with Gasteiger partial charge < -0.3 is 9.67 Å². The van der Waals surface area contributed by atoms with Gasteiger partial charge in [-0.2, -0.15) is 0 Å². The van der Waals surface area contributed by atoms with Gasteiger partial charge in [0.25, 0.3) is 0 Å². The first-order chi connectivity index (χ1) is 17.6. The minimum Gasteiger partial charge on any atom is -0.384 e. The molecule has 0 amide bonds. The van der Waals surface area contributed by atoms with Crippen molar-refractivity contribution in [3.05, 3.63) is 166 Å². The van der Waals surface area contributed by atoms with E-state index in [1.165, 1.54) is 0 Å². The predicted molar refractivity (Wildman–Crippen MR) is 147 cm³/mol. The van der Waals surface area contributed by atoms with Crippen LogP contribution >= 0.6 is 23.2 Å². The SMILES string of the molecule is OC(/C=C/c1nccn1C(c1ccccc1)(c1ccccc1)c1ccccc1)c1ccc(Cl)cc1Cl. The molecule has 5 aromatic rings. The Morgan fingerprint density at radius 3 is 1.78 bits per heavy atom. The first kappa shape index (κ1) is 24.1. The summed E-state index contributed by atoms with van der Waals surface area (Å²) in [6, 6.07) is 36.2. The minimum atomic E-state index is -0.917. The molecule has 1 heterocycles. The predicted octanol–water partition coefficient (Wildman–Crippen LogP) is 7.78. The maximum Gasteiger partial charge on any atom is 0.133 e. The van der Waals surface area contributed by atoms with E-state index in [9.17, 15) is 5.11 Å². The summed E-state index contributed by atoms with van der Waals surface area (Å²) in [4.78, 5) is 4.67. The van der Waals surface area contributed by atoms with Crippen LogP contribution in [0, 0.1) is 0 Å². The summed E-state index contributed by atoms with van der Waals surface area (Å²) in [7, 11) is 0. The standard InChI is InChI=1S/C31H24Cl2N2O/c32-26-16-17-27(28(33)22-26)29(36)18-19-30-34-20-21-35(30)31(23-10-4-1-5-11-23,24-12-6-2-7-13-24)25-14-8-3-9-15-25/h1-22,29,36H/b19-18+. The summed E-state index contributed by atoms with van der Waals surface area (Å²) in [5.41, 5.74) is 3.17. The topological polar surface area (TPSA) is 38.1 Å². The maximum atomic E-state index is 10.9. The van der Waals surface area contributed by atoms with Crippen molar-refractivity contribution >= 4 is 29.3 Å². The van der Waals surface area contributed by atoms with Gasteiger partial charge in [-0.15, -0.1) is 0 Å². The Labute approximate surface area is 220 Å². The molecule has 5 heteroatoms. The van der Waals surface area contributed by atoms with E-state index in [2.05, 4.69) is 82.3 Å². The lowest BCUT2D eigenvalue weighted by Gasteiger charge is -2.38. The van der Waals surface area contributed by atoms with Crippen molar-refractivity contribution in [2.75, 3.05) is 0 Å². The minimum absolute atomic E-state index is 0.412. The third kappa shape index (κ3) is 4.49. The van der Waals surface area contributed by atoms with Gasteiger partial charge in [-0.25, -0.2) is 4.98 Å². The van der Waals surface area contributed by atoms with Crippen LogP contribution in [0.1, 0.15) is 34.2 Å². The molecule has 0 aliphatic heterocycles. The number of hydrogen-bond donors (Lipinski definition) is 1. The van der Waals surface area contributed by atoms with E-state index in [0.717, 1.165) is 16.7 Å². The van der Waals surface area contributed by atoms with Crippen molar-refractivity contribution in [1.82, 2.24) is 9.55 Å². The van der Waals surface area contributed by atoms with Crippen LogP contribution in [-0.2, 0) is 5.54 Å². The molecule has 3 nitrogen and oxygen atoms in total. The number of imidazole rings is 1. The Balaban J connectivity index is 1.70. The van der Waals surface area contributed by atoms with E-state index < -0.39 is 11.6 Å². The van der Waals surface area contributed by atoms with Crippen molar-refractivity contribution in [2.24, 2.45) is 0 Å². The molecule has 0 saturated heterocycles. The zero-order valence-corrected chi connectivity index (χ0v) is 20.9. The lowest BCUT2D eigenvalue weighted by atomic mass is 9.76.